The van der Waals surface area contributed by atoms with Gasteiger partial charge in [-0.15, -0.1) is 0 Å². The highest BCUT2D eigenvalue weighted by Crippen LogP contribution is 2.14. The smallest absolute Gasteiger partial charge is 0.270 e. The van der Waals surface area contributed by atoms with Crippen molar-refractivity contribution in [2.45, 2.75) is 0 Å². The van der Waals surface area contributed by atoms with E-state index in [0.29, 0.717) is 11.3 Å². The number of hydrogen-bond donors (Lipinski definition) is 1. The molecular weight excluding hydrogens is 256 g/mol. The van der Waals surface area contributed by atoms with Gasteiger partial charge >= 0.3 is 0 Å². The van der Waals surface area contributed by atoms with Crippen molar-refractivity contribution in [3.8, 4) is 0 Å². The zero-order valence-corrected chi connectivity index (χ0v) is 10.5. The number of para-hydroxylation sites is 1. The van der Waals surface area contributed by atoms with Crippen LogP contribution in [0.1, 0.15) is 5.56 Å². The lowest BCUT2D eigenvalue weighted by atomic mass is 10.2. The summed E-state index contributed by atoms with van der Waals surface area (Å²) >= 11 is 0. The quantitative estimate of drug-likeness (QED) is 0.525. The van der Waals surface area contributed by atoms with E-state index >= 15 is 0 Å². The van der Waals surface area contributed by atoms with Gasteiger partial charge in [-0.3, -0.25) is 14.9 Å². The van der Waals surface area contributed by atoms with Gasteiger partial charge in [0.25, 0.3) is 5.69 Å². The number of hydrogen-bond acceptors (Lipinski definition) is 3. The summed E-state index contributed by atoms with van der Waals surface area (Å²) < 4.78 is 0. The number of benzene rings is 2. The first-order valence-electron chi connectivity index (χ1n) is 5.94. The maximum absolute atomic E-state index is 11.7. The lowest BCUT2D eigenvalue weighted by molar-refractivity contribution is -0.384. The summed E-state index contributed by atoms with van der Waals surface area (Å²) in [6.45, 7) is 0. The number of nitro benzene ring substituents is 1. The lowest BCUT2D eigenvalue weighted by Gasteiger charge is -2.00. The maximum Gasteiger partial charge on any atom is 0.270 e. The van der Waals surface area contributed by atoms with Crippen molar-refractivity contribution in [1.29, 1.82) is 0 Å². The summed E-state index contributed by atoms with van der Waals surface area (Å²) in [5.74, 6) is -0.289. The molecule has 0 saturated carbocycles. The fourth-order valence-corrected chi connectivity index (χ4v) is 1.62. The minimum atomic E-state index is -0.471. The first-order chi connectivity index (χ1) is 9.65. The van der Waals surface area contributed by atoms with Crippen molar-refractivity contribution in [2.24, 2.45) is 0 Å². The molecule has 0 fully saturated rings. The average Bonchev–Trinajstić information content (AvgIpc) is 2.46. The number of nitro groups is 1. The van der Waals surface area contributed by atoms with E-state index in [0.717, 1.165) is 0 Å². The highest BCUT2D eigenvalue weighted by molar-refractivity contribution is 6.01. The molecule has 100 valence electrons. The van der Waals surface area contributed by atoms with E-state index in [4.69, 9.17) is 0 Å². The SMILES string of the molecule is O=C(C=Cc1cccc([N+](=O)[O-])c1)Nc1ccccc1. The van der Waals surface area contributed by atoms with Crippen molar-refractivity contribution in [3.63, 3.8) is 0 Å². The average molecular weight is 268 g/mol. The summed E-state index contributed by atoms with van der Waals surface area (Å²) in [5, 5.41) is 13.3. The minimum absolute atomic E-state index is 0.00406. The Hall–Kier alpha value is -2.95. The molecule has 5 heteroatoms. The Labute approximate surface area is 115 Å². The Kier molecular flexibility index (Phi) is 4.24. The van der Waals surface area contributed by atoms with Gasteiger partial charge in [-0.25, -0.2) is 0 Å². The first-order valence-corrected chi connectivity index (χ1v) is 5.94. The normalized spacial score (nSPS) is 10.4. The molecule has 0 bridgehead atoms. The molecule has 0 atom stereocenters. The second-order valence-electron chi connectivity index (χ2n) is 4.04. The van der Waals surface area contributed by atoms with Crippen molar-refractivity contribution in [3.05, 3.63) is 76.4 Å². The first kappa shape index (κ1) is 13.5. The number of amides is 1. The number of nitrogens with one attached hydrogen (secondary N) is 1. The van der Waals surface area contributed by atoms with E-state index in [1.165, 1.54) is 24.3 Å². The Balaban J connectivity index is 2.04. The number of rotatable bonds is 4. The van der Waals surface area contributed by atoms with E-state index in [1.807, 2.05) is 18.2 Å². The molecule has 0 unspecified atom stereocenters. The zero-order chi connectivity index (χ0) is 14.4. The maximum atomic E-state index is 11.7. The molecule has 0 aliphatic rings. The third kappa shape index (κ3) is 3.78. The van der Waals surface area contributed by atoms with Crippen LogP contribution in [0, 0.1) is 10.1 Å². The molecule has 5 nitrogen and oxygen atoms in total. The third-order valence-corrected chi connectivity index (χ3v) is 2.55. The van der Waals surface area contributed by atoms with Crippen molar-refractivity contribution < 1.29 is 9.72 Å². The highest BCUT2D eigenvalue weighted by atomic mass is 16.6. The van der Waals surface area contributed by atoms with Gasteiger partial charge in [0.05, 0.1) is 4.92 Å². The molecule has 2 aromatic carbocycles. The van der Waals surface area contributed by atoms with E-state index < -0.39 is 4.92 Å². The van der Waals surface area contributed by atoms with Crippen LogP contribution in [0.4, 0.5) is 11.4 Å². The molecule has 2 rings (SSSR count). The van der Waals surface area contributed by atoms with Crippen LogP contribution in [0.5, 0.6) is 0 Å². The van der Waals surface area contributed by atoms with Crippen LogP contribution in [0.25, 0.3) is 6.08 Å². The molecule has 2 aromatic rings. The van der Waals surface area contributed by atoms with Gasteiger partial charge in [-0.2, -0.15) is 0 Å². The molecule has 0 aliphatic carbocycles. The zero-order valence-electron chi connectivity index (χ0n) is 10.5. The van der Waals surface area contributed by atoms with Crippen LogP contribution in [-0.4, -0.2) is 10.8 Å². The topological polar surface area (TPSA) is 72.2 Å². The van der Waals surface area contributed by atoms with Crippen LogP contribution in [-0.2, 0) is 4.79 Å². The second-order valence-corrected chi connectivity index (χ2v) is 4.04. The summed E-state index contributed by atoms with van der Waals surface area (Å²) in [7, 11) is 0. The Morgan fingerprint density at radius 2 is 1.85 bits per heavy atom. The van der Waals surface area contributed by atoms with Gasteiger partial charge < -0.3 is 5.32 Å². The number of anilines is 1. The number of carbonyl (C=O) groups excluding carboxylic acids is 1. The van der Waals surface area contributed by atoms with Gasteiger partial charge in [-0.1, -0.05) is 30.3 Å². The number of nitrogens with zero attached hydrogens (tertiary/aromatic N) is 1. The molecule has 0 aromatic heterocycles. The van der Waals surface area contributed by atoms with Crippen molar-refractivity contribution in [2.75, 3.05) is 5.32 Å². The predicted molar refractivity (Wildman–Crippen MR) is 77.2 cm³/mol. The van der Waals surface area contributed by atoms with E-state index in [2.05, 4.69) is 5.32 Å². The Bertz CT molecular complexity index is 651. The number of carbonyl (C=O) groups is 1. The molecule has 0 saturated heterocycles. The second kappa shape index (κ2) is 6.29. The van der Waals surface area contributed by atoms with E-state index in [9.17, 15) is 14.9 Å². The summed E-state index contributed by atoms with van der Waals surface area (Å²) in [6.07, 6.45) is 2.87. The van der Waals surface area contributed by atoms with E-state index in [-0.39, 0.29) is 11.6 Å². The van der Waals surface area contributed by atoms with E-state index in [1.54, 1.807) is 24.3 Å². The van der Waals surface area contributed by atoms with Crippen LogP contribution >= 0.6 is 0 Å². The fourth-order valence-electron chi connectivity index (χ4n) is 1.62. The largest absolute Gasteiger partial charge is 0.323 e. The molecular formula is C15H12N2O3. The van der Waals surface area contributed by atoms with Gasteiger partial charge in [-0.05, 0) is 23.8 Å². The molecule has 0 aliphatic heterocycles. The molecule has 0 radical (unpaired) electrons. The van der Waals surface area contributed by atoms with Crippen LogP contribution < -0.4 is 5.32 Å². The summed E-state index contributed by atoms with van der Waals surface area (Å²) in [4.78, 5) is 21.8. The van der Waals surface area contributed by atoms with Gasteiger partial charge in [0.1, 0.15) is 0 Å². The molecule has 1 N–H and O–H groups in total. The fraction of sp³-hybridized carbons (Fsp3) is 0. The molecule has 0 spiro atoms. The van der Waals surface area contributed by atoms with Gasteiger partial charge in [0, 0.05) is 23.9 Å². The Morgan fingerprint density at radius 1 is 1.10 bits per heavy atom. The van der Waals surface area contributed by atoms with Crippen molar-refractivity contribution in [1.82, 2.24) is 0 Å². The minimum Gasteiger partial charge on any atom is -0.323 e. The highest BCUT2D eigenvalue weighted by Gasteiger charge is 2.04. The monoisotopic (exact) mass is 268 g/mol. The Morgan fingerprint density at radius 3 is 2.55 bits per heavy atom. The lowest BCUT2D eigenvalue weighted by Crippen LogP contribution is -2.07. The van der Waals surface area contributed by atoms with Gasteiger partial charge in [0.15, 0.2) is 0 Å². The van der Waals surface area contributed by atoms with Crippen LogP contribution in [0.2, 0.25) is 0 Å². The van der Waals surface area contributed by atoms with Crippen molar-refractivity contribution >= 4 is 23.4 Å². The molecule has 1 amide bonds. The molecule has 20 heavy (non-hydrogen) atoms. The van der Waals surface area contributed by atoms with Crippen LogP contribution in [0.15, 0.2) is 60.7 Å². The standard InChI is InChI=1S/C15H12N2O3/c18-15(16-13-6-2-1-3-7-13)10-9-12-5-4-8-14(11-12)17(19)20/h1-11H,(H,16,18). The van der Waals surface area contributed by atoms with Gasteiger partial charge in [0.2, 0.25) is 5.91 Å². The predicted octanol–water partition coefficient (Wildman–Crippen LogP) is 3.25. The molecule has 0 heterocycles. The van der Waals surface area contributed by atoms with Crippen LogP contribution in [0.3, 0.4) is 0 Å². The summed E-state index contributed by atoms with van der Waals surface area (Å²) in [5.41, 5.74) is 1.29. The summed E-state index contributed by atoms with van der Waals surface area (Å²) in [6, 6.07) is 15.1. The number of non-ortho nitro benzene ring substituents is 1. The third-order valence-electron chi connectivity index (χ3n) is 2.55.